The van der Waals surface area contributed by atoms with Crippen molar-refractivity contribution in [3.63, 3.8) is 0 Å². The molecule has 0 aromatic heterocycles. The van der Waals surface area contributed by atoms with Crippen molar-refractivity contribution in [3.05, 3.63) is 29.8 Å². The number of carboxylic acids is 1. The Bertz CT molecular complexity index is 1000. The lowest BCUT2D eigenvalue weighted by Gasteiger charge is -2.30. The van der Waals surface area contributed by atoms with Crippen LogP contribution in [0.4, 0.5) is 0 Å². The summed E-state index contributed by atoms with van der Waals surface area (Å²) in [6.07, 6.45) is 0.0828. The number of likely N-dealkylation sites (tertiary alicyclic amines) is 1. The van der Waals surface area contributed by atoms with Crippen LogP contribution in [0, 0.1) is 5.41 Å². The van der Waals surface area contributed by atoms with Gasteiger partial charge in [0.25, 0.3) is 0 Å². The van der Waals surface area contributed by atoms with E-state index in [-0.39, 0.29) is 37.6 Å². The fraction of sp³-hybridized carbons (Fsp3) is 0.542. The molecule has 0 radical (unpaired) electrons. The van der Waals surface area contributed by atoms with Crippen molar-refractivity contribution in [2.24, 2.45) is 11.5 Å². The van der Waals surface area contributed by atoms with E-state index in [2.05, 4.69) is 16.0 Å². The predicted octanol–water partition coefficient (Wildman–Crippen LogP) is -2.05. The molecule has 38 heavy (non-hydrogen) atoms. The Morgan fingerprint density at radius 2 is 1.82 bits per heavy atom. The van der Waals surface area contributed by atoms with Crippen molar-refractivity contribution >= 4 is 29.7 Å². The molecule has 1 saturated heterocycles. The summed E-state index contributed by atoms with van der Waals surface area (Å²) in [7, 11) is 0. The molecular formula is C24H37N7O7. The van der Waals surface area contributed by atoms with E-state index in [4.69, 9.17) is 16.9 Å². The van der Waals surface area contributed by atoms with Crippen LogP contribution >= 0.6 is 0 Å². The Morgan fingerprint density at radius 3 is 2.39 bits per heavy atom. The molecule has 2 rings (SSSR count). The van der Waals surface area contributed by atoms with Crippen LogP contribution in [-0.2, 0) is 25.6 Å². The summed E-state index contributed by atoms with van der Waals surface area (Å²) in [5, 5.41) is 43.5. The number of guanidine groups is 1. The van der Waals surface area contributed by atoms with Gasteiger partial charge in [-0.1, -0.05) is 12.1 Å². The Kier molecular flexibility index (Phi) is 11.3. The van der Waals surface area contributed by atoms with Crippen molar-refractivity contribution in [3.8, 4) is 5.75 Å². The number of nitrogens with two attached hydrogens (primary N) is 2. The third kappa shape index (κ3) is 8.88. The van der Waals surface area contributed by atoms with Crippen LogP contribution in [0.15, 0.2) is 24.3 Å². The van der Waals surface area contributed by atoms with Gasteiger partial charge in [-0.15, -0.1) is 0 Å². The standard InChI is InChI=1S/C24H37N7O7/c1-13(32)19(25)21(35)30-17(12-14-6-8-15(33)9-7-14)22(36)31-11-3-5-18(31)20(34)29-16(23(37)38)4-2-10-28-24(26)27/h6-9,13,16-19,32-33H,2-5,10-12,25H2,1H3,(H,29,34)(H,30,35)(H,37,38)(H4,26,27,28)/t13-,16+,17+,18+,19+/m1/s1. The van der Waals surface area contributed by atoms with E-state index < -0.39 is 54.0 Å². The first-order chi connectivity index (χ1) is 17.9. The van der Waals surface area contributed by atoms with Crippen LogP contribution in [0.3, 0.4) is 0 Å². The molecule has 1 aromatic rings. The van der Waals surface area contributed by atoms with Crippen LogP contribution in [0.5, 0.6) is 5.75 Å². The lowest BCUT2D eigenvalue weighted by atomic mass is 10.0. The lowest BCUT2D eigenvalue weighted by molar-refractivity contribution is -0.145. The first kappa shape index (κ1) is 30.3. The Labute approximate surface area is 220 Å². The van der Waals surface area contributed by atoms with Gasteiger partial charge in [-0.05, 0) is 50.3 Å². The molecule has 1 aromatic carbocycles. The summed E-state index contributed by atoms with van der Waals surface area (Å²) in [4.78, 5) is 52.2. The molecule has 210 valence electrons. The number of rotatable bonds is 13. The predicted molar refractivity (Wildman–Crippen MR) is 137 cm³/mol. The minimum atomic E-state index is -1.28. The van der Waals surface area contributed by atoms with E-state index in [0.717, 1.165) is 0 Å². The first-order valence-corrected chi connectivity index (χ1v) is 12.3. The lowest BCUT2D eigenvalue weighted by Crippen LogP contribution is -2.58. The van der Waals surface area contributed by atoms with E-state index >= 15 is 0 Å². The van der Waals surface area contributed by atoms with Gasteiger partial charge in [0.15, 0.2) is 5.96 Å². The highest BCUT2D eigenvalue weighted by Crippen LogP contribution is 2.21. The number of benzene rings is 1. The summed E-state index contributed by atoms with van der Waals surface area (Å²) >= 11 is 0. The van der Waals surface area contributed by atoms with E-state index in [9.17, 15) is 34.5 Å². The maximum atomic E-state index is 13.6. The molecule has 5 atom stereocenters. The number of aliphatic carboxylic acids is 1. The number of carbonyl (C=O) groups is 4. The van der Waals surface area contributed by atoms with E-state index in [0.29, 0.717) is 24.8 Å². The molecule has 1 fully saturated rings. The highest BCUT2D eigenvalue weighted by atomic mass is 16.4. The van der Waals surface area contributed by atoms with Crippen molar-refractivity contribution in [1.29, 1.82) is 5.41 Å². The average Bonchev–Trinajstić information content (AvgIpc) is 3.35. The minimum absolute atomic E-state index is 0.0260. The van der Waals surface area contributed by atoms with Crippen LogP contribution in [0.1, 0.15) is 38.2 Å². The van der Waals surface area contributed by atoms with Crippen molar-refractivity contribution in [2.45, 2.75) is 69.3 Å². The number of aromatic hydroxyl groups is 1. The van der Waals surface area contributed by atoms with E-state index in [1.165, 1.54) is 24.0 Å². The van der Waals surface area contributed by atoms with Crippen molar-refractivity contribution in [2.75, 3.05) is 13.1 Å². The van der Waals surface area contributed by atoms with Gasteiger partial charge in [-0.25, -0.2) is 4.79 Å². The molecule has 14 heteroatoms. The van der Waals surface area contributed by atoms with Gasteiger partial charge < -0.3 is 47.6 Å². The quantitative estimate of drug-likeness (QED) is 0.0760. The number of phenolic OH excluding ortho intramolecular Hbond substituents is 1. The molecule has 0 aliphatic carbocycles. The zero-order valence-electron chi connectivity index (χ0n) is 21.2. The van der Waals surface area contributed by atoms with Gasteiger partial charge >= 0.3 is 5.97 Å². The SMILES string of the molecule is C[C@@H](O)[C@H](N)C(=O)N[C@@H](Cc1ccc(O)cc1)C(=O)N1CCC[C@H]1C(=O)N[C@@H](CCCNC(=N)N)C(=O)O. The monoisotopic (exact) mass is 535 g/mol. The van der Waals surface area contributed by atoms with Crippen LogP contribution in [0.2, 0.25) is 0 Å². The fourth-order valence-electron chi connectivity index (χ4n) is 4.11. The second-order valence-corrected chi connectivity index (χ2v) is 9.27. The molecule has 11 N–H and O–H groups in total. The first-order valence-electron chi connectivity index (χ1n) is 12.3. The zero-order chi connectivity index (χ0) is 28.4. The minimum Gasteiger partial charge on any atom is -0.508 e. The molecule has 3 amide bonds. The zero-order valence-corrected chi connectivity index (χ0v) is 21.2. The van der Waals surface area contributed by atoms with Crippen molar-refractivity contribution < 1.29 is 34.5 Å². The number of phenols is 1. The van der Waals surface area contributed by atoms with Crippen LogP contribution in [0.25, 0.3) is 0 Å². The number of aliphatic hydroxyl groups excluding tert-OH is 1. The second kappa shape index (κ2) is 14.1. The Balaban J connectivity index is 2.16. The molecule has 1 heterocycles. The number of carbonyl (C=O) groups excluding carboxylic acids is 3. The average molecular weight is 536 g/mol. The fourth-order valence-corrected chi connectivity index (χ4v) is 4.11. The molecule has 0 saturated carbocycles. The van der Waals surface area contributed by atoms with Gasteiger partial charge in [0.2, 0.25) is 17.7 Å². The summed E-state index contributed by atoms with van der Waals surface area (Å²) in [5.41, 5.74) is 11.6. The molecule has 0 spiro atoms. The normalized spacial score (nSPS) is 18.1. The van der Waals surface area contributed by atoms with E-state index in [1.807, 2.05) is 0 Å². The highest BCUT2D eigenvalue weighted by Gasteiger charge is 2.39. The topological polar surface area (TPSA) is 244 Å². The Hall–Kier alpha value is -3.91. The number of carboxylic acid groups (broad SMARTS) is 1. The third-order valence-electron chi connectivity index (χ3n) is 6.25. The molecule has 1 aliphatic rings. The molecule has 1 aliphatic heterocycles. The molecule has 0 bridgehead atoms. The summed E-state index contributed by atoms with van der Waals surface area (Å²) < 4.78 is 0. The molecular weight excluding hydrogens is 498 g/mol. The van der Waals surface area contributed by atoms with E-state index in [1.54, 1.807) is 12.1 Å². The Morgan fingerprint density at radius 1 is 1.16 bits per heavy atom. The maximum absolute atomic E-state index is 13.6. The number of hydrogen-bond acceptors (Lipinski definition) is 8. The highest BCUT2D eigenvalue weighted by molar-refractivity contribution is 5.94. The smallest absolute Gasteiger partial charge is 0.326 e. The summed E-state index contributed by atoms with van der Waals surface area (Å²) in [6, 6.07) is 1.49. The van der Waals surface area contributed by atoms with Gasteiger partial charge in [0, 0.05) is 19.5 Å². The van der Waals surface area contributed by atoms with Gasteiger partial charge in [0.05, 0.1) is 6.10 Å². The largest absolute Gasteiger partial charge is 0.508 e. The summed E-state index contributed by atoms with van der Waals surface area (Å²) in [6.45, 7) is 1.83. The second-order valence-electron chi connectivity index (χ2n) is 9.27. The molecule has 14 nitrogen and oxygen atoms in total. The maximum Gasteiger partial charge on any atom is 0.326 e. The number of nitrogens with zero attached hydrogens (tertiary/aromatic N) is 1. The van der Waals surface area contributed by atoms with Crippen LogP contribution in [-0.4, -0.2) is 93.2 Å². The van der Waals surface area contributed by atoms with Gasteiger partial charge in [-0.2, -0.15) is 0 Å². The number of amides is 3. The van der Waals surface area contributed by atoms with Crippen molar-refractivity contribution in [1.82, 2.24) is 20.9 Å². The number of aliphatic hydroxyl groups is 1. The van der Waals surface area contributed by atoms with Gasteiger partial charge in [0.1, 0.15) is 29.9 Å². The van der Waals surface area contributed by atoms with Crippen LogP contribution < -0.4 is 27.4 Å². The molecule has 0 unspecified atom stereocenters. The number of nitrogens with one attached hydrogen (secondary N) is 4. The number of hydrogen-bond donors (Lipinski definition) is 9. The third-order valence-corrected chi connectivity index (χ3v) is 6.25. The summed E-state index contributed by atoms with van der Waals surface area (Å²) in [5.74, 6) is -3.39. The van der Waals surface area contributed by atoms with Gasteiger partial charge in [-0.3, -0.25) is 19.8 Å².